The van der Waals surface area contributed by atoms with Crippen LogP contribution in [0.4, 0.5) is 5.69 Å². The van der Waals surface area contributed by atoms with Crippen molar-refractivity contribution in [2.45, 2.75) is 12.8 Å². The predicted molar refractivity (Wildman–Crippen MR) is 80.3 cm³/mol. The third-order valence-electron chi connectivity index (χ3n) is 2.53. The predicted octanol–water partition coefficient (Wildman–Crippen LogP) is 2.18. The number of carbonyl (C=O) groups is 1. The summed E-state index contributed by atoms with van der Waals surface area (Å²) >= 11 is 7.30. The van der Waals surface area contributed by atoms with E-state index in [1.165, 1.54) is 23.5 Å². The highest BCUT2D eigenvalue weighted by atomic mass is 35.5. The maximum atomic E-state index is 11.9. The lowest BCUT2D eigenvalue weighted by atomic mass is 10.2. The number of carbonyl (C=O) groups excluding carboxylic acids is 1. The third-order valence-corrected chi connectivity index (χ3v) is 3.72. The molecule has 2 aromatic rings. The number of aromatic hydroxyl groups is 1. The van der Waals surface area contributed by atoms with Gasteiger partial charge in [0.25, 0.3) is 0 Å². The number of hydrogen-bond acceptors (Lipinski definition) is 5. The summed E-state index contributed by atoms with van der Waals surface area (Å²) in [6, 6.07) is 4.47. The minimum absolute atomic E-state index is 0.0233. The van der Waals surface area contributed by atoms with Gasteiger partial charge in [0.1, 0.15) is 5.75 Å². The number of nitrogens with two attached hydrogens (primary N) is 1. The zero-order valence-electron chi connectivity index (χ0n) is 10.6. The second-order valence-corrected chi connectivity index (χ2v) is 5.54. The first-order valence-corrected chi connectivity index (χ1v) is 7.26. The second kappa shape index (κ2) is 6.69. The monoisotopic (exact) mass is 311 g/mol. The molecular formula is C13H14ClN3O2S. The van der Waals surface area contributed by atoms with E-state index in [1.807, 2.05) is 5.38 Å². The van der Waals surface area contributed by atoms with E-state index in [4.69, 9.17) is 17.3 Å². The van der Waals surface area contributed by atoms with E-state index in [0.29, 0.717) is 29.4 Å². The Morgan fingerprint density at radius 2 is 2.30 bits per heavy atom. The molecule has 0 fully saturated rings. The number of thiazole rings is 1. The number of anilines is 1. The van der Waals surface area contributed by atoms with Gasteiger partial charge in [-0.1, -0.05) is 11.6 Å². The van der Waals surface area contributed by atoms with Crippen molar-refractivity contribution in [2.24, 2.45) is 5.73 Å². The first-order chi connectivity index (χ1) is 9.58. The minimum atomic E-state index is -0.257. The van der Waals surface area contributed by atoms with E-state index < -0.39 is 0 Å². The second-order valence-electron chi connectivity index (χ2n) is 4.16. The number of aromatic nitrogens is 1. The quantitative estimate of drug-likeness (QED) is 0.738. The van der Waals surface area contributed by atoms with Crippen molar-refractivity contribution in [3.8, 4) is 5.75 Å². The van der Waals surface area contributed by atoms with Gasteiger partial charge in [0.05, 0.1) is 22.8 Å². The zero-order valence-corrected chi connectivity index (χ0v) is 12.2. The summed E-state index contributed by atoms with van der Waals surface area (Å²) in [5.41, 5.74) is 6.43. The number of nitrogens with one attached hydrogen (secondary N) is 1. The molecule has 1 amide bonds. The smallest absolute Gasteiger partial charge is 0.230 e. The summed E-state index contributed by atoms with van der Waals surface area (Å²) in [5.74, 6) is -0.281. The molecule has 0 radical (unpaired) electrons. The molecule has 0 spiro atoms. The number of rotatable bonds is 5. The van der Waals surface area contributed by atoms with E-state index >= 15 is 0 Å². The number of benzene rings is 1. The Balaban J connectivity index is 1.99. The molecule has 0 atom stereocenters. The SMILES string of the molecule is NCCc1nc(CC(=O)Nc2cc(Cl)ccc2O)cs1. The molecule has 4 N–H and O–H groups in total. The molecule has 20 heavy (non-hydrogen) atoms. The van der Waals surface area contributed by atoms with Gasteiger partial charge in [-0.2, -0.15) is 0 Å². The Morgan fingerprint density at radius 3 is 3.05 bits per heavy atom. The Hall–Kier alpha value is -1.63. The van der Waals surface area contributed by atoms with Gasteiger partial charge in [0.2, 0.25) is 5.91 Å². The molecule has 1 heterocycles. The van der Waals surface area contributed by atoms with Gasteiger partial charge in [-0.3, -0.25) is 4.79 Å². The van der Waals surface area contributed by atoms with Crippen LogP contribution in [0.1, 0.15) is 10.7 Å². The molecule has 0 aliphatic carbocycles. The van der Waals surface area contributed by atoms with Gasteiger partial charge < -0.3 is 16.2 Å². The number of halogens is 1. The molecule has 2 rings (SSSR count). The highest BCUT2D eigenvalue weighted by Crippen LogP contribution is 2.26. The molecule has 5 nitrogen and oxygen atoms in total. The van der Waals surface area contributed by atoms with Crippen LogP contribution in [0.25, 0.3) is 0 Å². The fourth-order valence-corrected chi connectivity index (χ4v) is 2.62. The third kappa shape index (κ3) is 3.93. The molecule has 0 saturated carbocycles. The summed E-state index contributed by atoms with van der Waals surface area (Å²) < 4.78 is 0. The molecule has 1 aromatic carbocycles. The van der Waals surface area contributed by atoms with E-state index in [0.717, 1.165) is 5.01 Å². The van der Waals surface area contributed by atoms with Gasteiger partial charge in [-0.15, -0.1) is 11.3 Å². The van der Waals surface area contributed by atoms with Crippen molar-refractivity contribution >= 4 is 34.5 Å². The van der Waals surface area contributed by atoms with E-state index in [2.05, 4.69) is 10.3 Å². The standard InChI is InChI=1S/C13H14ClN3O2S/c14-8-1-2-11(18)10(5-8)17-12(19)6-9-7-20-13(16-9)3-4-15/h1-2,5,7,18H,3-4,6,15H2,(H,17,19). The Bertz CT molecular complexity index is 615. The average Bonchev–Trinajstić information content (AvgIpc) is 2.81. The zero-order chi connectivity index (χ0) is 14.5. The number of nitrogens with zero attached hydrogens (tertiary/aromatic N) is 1. The maximum absolute atomic E-state index is 11.9. The first-order valence-electron chi connectivity index (χ1n) is 6.00. The van der Waals surface area contributed by atoms with Crippen LogP contribution in [-0.2, 0) is 17.6 Å². The minimum Gasteiger partial charge on any atom is -0.506 e. The van der Waals surface area contributed by atoms with E-state index in [1.54, 1.807) is 6.07 Å². The number of phenolic OH excluding ortho intramolecular Hbond substituents is 1. The van der Waals surface area contributed by atoms with Crippen molar-refractivity contribution in [1.29, 1.82) is 0 Å². The molecule has 0 aliphatic rings. The fraction of sp³-hybridized carbons (Fsp3) is 0.231. The molecule has 0 saturated heterocycles. The van der Waals surface area contributed by atoms with Gasteiger partial charge in [0, 0.05) is 16.8 Å². The van der Waals surface area contributed by atoms with Crippen LogP contribution in [0.15, 0.2) is 23.6 Å². The molecular weight excluding hydrogens is 298 g/mol. The van der Waals surface area contributed by atoms with Crippen molar-refractivity contribution in [3.63, 3.8) is 0 Å². The summed E-state index contributed by atoms with van der Waals surface area (Å²) in [6.07, 6.45) is 0.856. The van der Waals surface area contributed by atoms with Crippen LogP contribution in [0.5, 0.6) is 5.75 Å². The summed E-state index contributed by atoms with van der Waals surface area (Å²) in [4.78, 5) is 16.2. The molecule has 7 heteroatoms. The van der Waals surface area contributed by atoms with Crippen LogP contribution in [0.2, 0.25) is 5.02 Å². The lowest BCUT2D eigenvalue weighted by Crippen LogP contribution is -2.14. The highest BCUT2D eigenvalue weighted by molar-refractivity contribution is 7.09. The van der Waals surface area contributed by atoms with Crippen molar-refractivity contribution in [1.82, 2.24) is 4.98 Å². The normalized spacial score (nSPS) is 10.5. The Kier molecular flexibility index (Phi) is 4.94. The molecule has 1 aromatic heterocycles. The topological polar surface area (TPSA) is 88.2 Å². The van der Waals surface area contributed by atoms with Crippen LogP contribution >= 0.6 is 22.9 Å². The van der Waals surface area contributed by atoms with Crippen molar-refractivity contribution < 1.29 is 9.90 Å². The average molecular weight is 312 g/mol. The maximum Gasteiger partial charge on any atom is 0.230 e. The first kappa shape index (κ1) is 14.8. The van der Waals surface area contributed by atoms with Crippen LogP contribution in [-0.4, -0.2) is 22.5 Å². The van der Waals surface area contributed by atoms with E-state index in [-0.39, 0.29) is 18.1 Å². The van der Waals surface area contributed by atoms with Gasteiger partial charge in [0.15, 0.2) is 0 Å². The number of amides is 1. The lowest BCUT2D eigenvalue weighted by Gasteiger charge is -2.06. The van der Waals surface area contributed by atoms with Gasteiger partial charge >= 0.3 is 0 Å². The highest BCUT2D eigenvalue weighted by Gasteiger charge is 2.10. The van der Waals surface area contributed by atoms with Crippen molar-refractivity contribution in [2.75, 3.05) is 11.9 Å². The van der Waals surface area contributed by atoms with Gasteiger partial charge in [-0.25, -0.2) is 4.98 Å². The summed E-state index contributed by atoms with van der Waals surface area (Å²) in [6.45, 7) is 0.537. The molecule has 106 valence electrons. The van der Waals surface area contributed by atoms with E-state index in [9.17, 15) is 9.90 Å². The van der Waals surface area contributed by atoms with Crippen molar-refractivity contribution in [3.05, 3.63) is 39.3 Å². The number of phenols is 1. The molecule has 0 aliphatic heterocycles. The number of hydrogen-bond donors (Lipinski definition) is 3. The van der Waals surface area contributed by atoms with Gasteiger partial charge in [-0.05, 0) is 24.7 Å². The largest absolute Gasteiger partial charge is 0.506 e. The van der Waals surface area contributed by atoms with Crippen LogP contribution in [0.3, 0.4) is 0 Å². The molecule has 0 bridgehead atoms. The van der Waals surface area contributed by atoms with Crippen LogP contribution in [0, 0.1) is 0 Å². The lowest BCUT2D eigenvalue weighted by molar-refractivity contribution is -0.115. The van der Waals surface area contributed by atoms with Crippen LogP contribution < -0.4 is 11.1 Å². The summed E-state index contributed by atoms with van der Waals surface area (Å²) in [5, 5.41) is 15.4. The molecule has 0 unspecified atom stereocenters. The Morgan fingerprint density at radius 1 is 1.50 bits per heavy atom. The summed E-state index contributed by atoms with van der Waals surface area (Å²) in [7, 11) is 0. The Labute approximate surface area is 125 Å². The fourth-order valence-electron chi connectivity index (χ4n) is 1.64.